The third-order valence-corrected chi connectivity index (χ3v) is 13.1. The average molecular weight is 745 g/mol. The highest BCUT2D eigenvalue weighted by Gasteiger charge is 2.30. The lowest BCUT2D eigenvalue weighted by Gasteiger charge is -2.19. The summed E-state index contributed by atoms with van der Waals surface area (Å²) < 4.78 is 5.22. The summed E-state index contributed by atoms with van der Waals surface area (Å²) in [4.78, 5) is 0. The zero-order valence-corrected chi connectivity index (χ0v) is 33.9. The van der Waals surface area contributed by atoms with E-state index in [0.717, 1.165) is 0 Å². The van der Waals surface area contributed by atoms with Gasteiger partial charge in [0.2, 0.25) is 0 Å². The number of fused-ring (bicyclic) bond motifs is 14. The molecule has 0 spiro atoms. The van der Waals surface area contributed by atoms with Crippen LogP contribution in [-0.4, -0.2) is 8.80 Å². The summed E-state index contributed by atoms with van der Waals surface area (Å²) in [6, 6.07) is 59.5. The smallest absolute Gasteiger partial charge is 0.0634 e. The van der Waals surface area contributed by atoms with Crippen LogP contribution >= 0.6 is 0 Å². The van der Waals surface area contributed by atoms with E-state index in [1.165, 1.54) is 121 Å². The molecule has 2 nitrogen and oxygen atoms in total. The number of nitrogens with zero attached hydrogens (tertiary/aromatic N) is 2. The first kappa shape index (κ1) is 33.5. The second kappa shape index (κ2) is 11.5. The number of rotatable bonds is 3. The molecule has 12 rings (SSSR count). The Bertz CT molecular complexity index is 3550. The highest BCUT2D eigenvalue weighted by Crippen LogP contribution is 2.53. The van der Waals surface area contributed by atoms with Crippen LogP contribution in [0, 0.1) is 0 Å². The maximum atomic E-state index is 2.63. The maximum Gasteiger partial charge on any atom is 0.0634 e. The SMILES string of the molecule is CC(C)(C)c1ccc2c3c4c5ccc(-c6c(-c7ccccc7)cccc6-c6ccccc6)cc5n5c6cc(C(C)(C)C)ccc6c(c6c7ccccc7n(c2c1)c36)c45. The number of hydrogen-bond donors (Lipinski definition) is 0. The fourth-order valence-corrected chi connectivity index (χ4v) is 10.3. The van der Waals surface area contributed by atoms with Gasteiger partial charge in [-0.1, -0.05) is 175 Å². The van der Waals surface area contributed by atoms with Crippen LogP contribution in [0.4, 0.5) is 0 Å². The number of benzene rings is 8. The normalized spacial score (nSPS) is 13.0. The molecule has 2 heteroatoms. The molecular weight excluding hydrogens is 701 g/mol. The molecule has 0 unspecified atom stereocenters. The molecule has 0 aliphatic heterocycles. The summed E-state index contributed by atoms with van der Waals surface area (Å²) in [6.07, 6.45) is 0. The summed E-state index contributed by atoms with van der Waals surface area (Å²) >= 11 is 0. The molecule has 0 saturated carbocycles. The third kappa shape index (κ3) is 4.43. The van der Waals surface area contributed by atoms with E-state index in [1.54, 1.807) is 0 Å². The van der Waals surface area contributed by atoms with Crippen LogP contribution in [0.1, 0.15) is 52.7 Å². The molecule has 8 aromatic carbocycles. The van der Waals surface area contributed by atoms with Crippen molar-refractivity contribution in [2.45, 2.75) is 52.4 Å². The Morgan fingerprint density at radius 3 is 1.24 bits per heavy atom. The van der Waals surface area contributed by atoms with Crippen molar-refractivity contribution < 1.29 is 0 Å². The van der Waals surface area contributed by atoms with Gasteiger partial charge in [0.25, 0.3) is 0 Å². The van der Waals surface area contributed by atoms with Crippen molar-refractivity contribution in [3.8, 4) is 33.4 Å². The molecule has 0 atom stereocenters. The van der Waals surface area contributed by atoms with Crippen LogP contribution in [-0.2, 0) is 10.8 Å². The zero-order chi connectivity index (χ0) is 39.2. The van der Waals surface area contributed by atoms with E-state index < -0.39 is 0 Å². The molecule has 4 aromatic heterocycles. The second-order valence-corrected chi connectivity index (χ2v) is 18.5. The van der Waals surface area contributed by atoms with Crippen molar-refractivity contribution in [2.75, 3.05) is 0 Å². The van der Waals surface area contributed by atoms with Crippen molar-refractivity contribution in [1.82, 2.24) is 8.80 Å². The first-order valence-electron chi connectivity index (χ1n) is 20.7. The Kier molecular flexibility index (Phi) is 6.63. The molecule has 0 N–H and O–H groups in total. The van der Waals surface area contributed by atoms with Crippen molar-refractivity contribution in [3.05, 3.63) is 169 Å². The van der Waals surface area contributed by atoms with Gasteiger partial charge in [-0.2, -0.15) is 0 Å². The van der Waals surface area contributed by atoms with Crippen LogP contribution < -0.4 is 0 Å². The molecule has 0 fully saturated rings. The molecule has 58 heavy (non-hydrogen) atoms. The Labute approximate surface area is 338 Å². The summed E-state index contributed by atoms with van der Waals surface area (Å²) in [5.74, 6) is 0. The highest BCUT2D eigenvalue weighted by atomic mass is 14.9. The van der Waals surface area contributed by atoms with Crippen LogP contribution in [0.25, 0.3) is 110 Å². The van der Waals surface area contributed by atoms with Gasteiger partial charge in [0.1, 0.15) is 0 Å². The van der Waals surface area contributed by atoms with Gasteiger partial charge in [0.15, 0.2) is 0 Å². The Morgan fingerprint density at radius 1 is 0.328 bits per heavy atom. The predicted molar refractivity (Wildman–Crippen MR) is 249 cm³/mol. The van der Waals surface area contributed by atoms with E-state index >= 15 is 0 Å². The van der Waals surface area contributed by atoms with E-state index in [4.69, 9.17) is 0 Å². The molecule has 0 aliphatic carbocycles. The molecule has 0 bridgehead atoms. The third-order valence-electron chi connectivity index (χ3n) is 13.1. The number of para-hydroxylation sites is 1. The maximum absolute atomic E-state index is 2.63. The molecule has 278 valence electrons. The van der Waals surface area contributed by atoms with Crippen molar-refractivity contribution in [1.29, 1.82) is 0 Å². The minimum absolute atomic E-state index is 0.00188. The molecule has 0 radical (unpaired) electrons. The summed E-state index contributed by atoms with van der Waals surface area (Å²) in [7, 11) is 0. The monoisotopic (exact) mass is 744 g/mol. The molecule has 0 saturated heterocycles. The first-order valence-corrected chi connectivity index (χ1v) is 20.7. The quantitative estimate of drug-likeness (QED) is 0.170. The minimum Gasteiger partial charge on any atom is -0.308 e. The van der Waals surface area contributed by atoms with E-state index in [-0.39, 0.29) is 10.8 Å². The summed E-state index contributed by atoms with van der Waals surface area (Å²) in [5, 5.41) is 10.7. The van der Waals surface area contributed by atoms with Crippen LogP contribution in [0.15, 0.2) is 158 Å². The van der Waals surface area contributed by atoms with Crippen molar-refractivity contribution in [2.24, 2.45) is 0 Å². The Morgan fingerprint density at radius 2 is 0.741 bits per heavy atom. The highest BCUT2D eigenvalue weighted by molar-refractivity contribution is 6.45. The minimum atomic E-state index is 0.00188. The fraction of sp³-hybridized carbons (Fsp3) is 0.143. The van der Waals surface area contributed by atoms with Gasteiger partial charge in [-0.3, -0.25) is 0 Å². The van der Waals surface area contributed by atoms with E-state index in [0.29, 0.717) is 0 Å². The molecule has 0 amide bonds. The lowest BCUT2D eigenvalue weighted by Crippen LogP contribution is -2.10. The molecule has 0 aliphatic rings. The molecule has 4 heterocycles. The van der Waals surface area contributed by atoms with Crippen LogP contribution in [0.3, 0.4) is 0 Å². The van der Waals surface area contributed by atoms with Crippen LogP contribution in [0.2, 0.25) is 0 Å². The summed E-state index contributed by atoms with van der Waals surface area (Å²) in [6.45, 7) is 13.9. The van der Waals surface area contributed by atoms with Gasteiger partial charge in [-0.25, -0.2) is 0 Å². The predicted octanol–water partition coefficient (Wildman–Crippen LogP) is 15.6. The Hall–Kier alpha value is -6.64. The van der Waals surface area contributed by atoms with Gasteiger partial charge in [-0.15, -0.1) is 0 Å². The van der Waals surface area contributed by atoms with Crippen LogP contribution in [0.5, 0.6) is 0 Å². The Balaban J connectivity index is 1.31. The van der Waals surface area contributed by atoms with Crippen molar-refractivity contribution in [3.63, 3.8) is 0 Å². The first-order chi connectivity index (χ1) is 28.1. The van der Waals surface area contributed by atoms with Gasteiger partial charge < -0.3 is 8.80 Å². The topological polar surface area (TPSA) is 8.82 Å². The fourth-order valence-electron chi connectivity index (χ4n) is 10.3. The second-order valence-electron chi connectivity index (χ2n) is 18.5. The average Bonchev–Trinajstić information content (AvgIpc) is 3.96. The standard InChI is InChI=1S/C56H44N2/c1-55(2,3)36-25-28-42-46(31-36)57-44-23-14-13-20-40(44)49-51-43-29-26-37(56(4,5)6)32-47(43)58-45-30-35(24-27-41(45)50(54(51)58)52(42)53(49)57)48-38(33-16-9-7-10-17-33)21-15-22-39(48)34-18-11-8-12-19-34/h7-32H,1-6H3. The van der Waals surface area contributed by atoms with E-state index in [9.17, 15) is 0 Å². The lowest BCUT2D eigenvalue weighted by molar-refractivity contribution is 0.590. The number of hydrogen-bond acceptors (Lipinski definition) is 0. The summed E-state index contributed by atoms with van der Waals surface area (Å²) in [5.41, 5.74) is 17.9. The van der Waals surface area contributed by atoms with E-state index in [1.807, 2.05) is 0 Å². The van der Waals surface area contributed by atoms with E-state index in [2.05, 4.69) is 208 Å². The number of aromatic nitrogens is 2. The largest absolute Gasteiger partial charge is 0.308 e. The molecule has 12 aromatic rings. The van der Waals surface area contributed by atoms with Crippen molar-refractivity contribution >= 4 is 76.2 Å². The zero-order valence-electron chi connectivity index (χ0n) is 33.9. The van der Waals surface area contributed by atoms with Gasteiger partial charge in [0, 0.05) is 43.1 Å². The van der Waals surface area contributed by atoms with Gasteiger partial charge in [0.05, 0.1) is 33.1 Å². The lowest BCUT2D eigenvalue weighted by atomic mass is 9.86. The molecular formula is C56H44N2. The van der Waals surface area contributed by atoms with Gasteiger partial charge >= 0.3 is 0 Å². The van der Waals surface area contributed by atoms with Gasteiger partial charge in [-0.05, 0) is 79.6 Å².